The van der Waals surface area contributed by atoms with Gasteiger partial charge >= 0.3 is 0 Å². The van der Waals surface area contributed by atoms with Crippen molar-refractivity contribution in [3.8, 4) is 5.75 Å². The minimum atomic E-state index is -0.377. The molecule has 0 aliphatic rings. The Hall–Kier alpha value is -2.30. The SMILES string of the molecule is COc1ccc(F)cc1CNC(=O)c1ccco1. The van der Waals surface area contributed by atoms with Gasteiger partial charge < -0.3 is 14.5 Å². The minimum Gasteiger partial charge on any atom is -0.496 e. The average Bonchev–Trinajstić information content (AvgIpc) is 2.90. The number of furan rings is 1. The van der Waals surface area contributed by atoms with E-state index < -0.39 is 0 Å². The molecule has 1 N–H and O–H groups in total. The van der Waals surface area contributed by atoms with Crippen LogP contribution in [0.3, 0.4) is 0 Å². The molecule has 5 heteroatoms. The van der Waals surface area contributed by atoms with Gasteiger partial charge in [-0.15, -0.1) is 0 Å². The number of carbonyl (C=O) groups is 1. The van der Waals surface area contributed by atoms with Crippen LogP contribution in [0.2, 0.25) is 0 Å². The number of carbonyl (C=O) groups excluding carboxylic acids is 1. The molecule has 1 amide bonds. The molecule has 4 nitrogen and oxygen atoms in total. The standard InChI is InChI=1S/C13H12FNO3/c1-17-11-5-4-10(14)7-9(11)8-15-13(16)12-3-2-6-18-12/h2-7H,8H2,1H3,(H,15,16). The molecule has 0 radical (unpaired) electrons. The largest absolute Gasteiger partial charge is 0.496 e. The lowest BCUT2D eigenvalue weighted by Gasteiger charge is -2.09. The molecule has 0 bridgehead atoms. The Balaban J connectivity index is 2.06. The fraction of sp³-hybridized carbons (Fsp3) is 0.154. The molecule has 0 unspecified atom stereocenters. The third kappa shape index (κ3) is 2.68. The predicted molar refractivity (Wildman–Crippen MR) is 62.8 cm³/mol. The monoisotopic (exact) mass is 249 g/mol. The summed E-state index contributed by atoms with van der Waals surface area (Å²) in [6.07, 6.45) is 1.41. The molecule has 2 aromatic rings. The molecular weight excluding hydrogens is 237 g/mol. The summed E-state index contributed by atoms with van der Waals surface area (Å²) in [5, 5.41) is 2.62. The number of benzene rings is 1. The highest BCUT2D eigenvalue weighted by molar-refractivity contribution is 5.91. The van der Waals surface area contributed by atoms with Crippen LogP contribution in [0.25, 0.3) is 0 Å². The molecule has 1 aromatic carbocycles. The summed E-state index contributed by atoms with van der Waals surface area (Å²) in [5.74, 6) is 0.00544. The summed E-state index contributed by atoms with van der Waals surface area (Å²) in [7, 11) is 1.49. The summed E-state index contributed by atoms with van der Waals surface area (Å²) in [6, 6.07) is 7.32. The zero-order valence-corrected chi connectivity index (χ0v) is 9.77. The molecule has 0 aliphatic carbocycles. The van der Waals surface area contributed by atoms with Crippen molar-refractivity contribution >= 4 is 5.91 Å². The third-order valence-electron chi connectivity index (χ3n) is 2.43. The predicted octanol–water partition coefficient (Wildman–Crippen LogP) is 2.36. The van der Waals surface area contributed by atoms with Crippen LogP contribution in [0, 0.1) is 5.82 Å². The number of amides is 1. The van der Waals surface area contributed by atoms with E-state index in [1.807, 2.05) is 0 Å². The maximum atomic E-state index is 13.1. The van der Waals surface area contributed by atoms with Crippen LogP contribution in [0.5, 0.6) is 5.75 Å². The number of ether oxygens (including phenoxy) is 1. The second-order valence-corrected chi connectivity index (χ2v) is 3.62. The average molecular weight is 249 g/mol. The molecule has 1 aromatic heterocycles. The van der Waals surface area contributed by atoms with Crippen LogP contribution in [0.15, 0.2) is 41.0 Å². The van der Waals surface area contributed by atoms with Crippen molar-refractivity contribution in [2.75, 3.05) is 7.11 Å². The highest BCUT2D eigenvalue weighted by Gasteiger charge is 2.10. The van der Waals surface area contributed by atoms with Gasteiger partial charge in [0.25, 0.3) is 5.91 Å². The molecule has 0 aliphatic heterocycles. The summed E-state index contributed by atoms with van der Waals surface area (Å²) in [5.41, 5.74) is 0.567. The first-order valence-corrected chi connectivity index (χ1v) is 5.35. The molecule has 2 rings (SSSR count). The van der Waals surface area contributed by atoms with Crippen LogP contribution in [0.4, 0.5) is 4.39 Å². The Kier molecular flexibility index (Phi) is 3.62. The van der Waals surface area contributed by atoms with Gasteiger partial charge in [0.1, 0.15) is 11.6 Å². The van der Waals surface area contributed by atoms with E-state index in [-0.39, 0.29) is 24.0 Å². The minimum absolute atomic E-state index is 0.167. The number of halogens is 1. The van der Waals surface area contributed by atoms with Crippen molar-refractivity contribution in [3.05, 3.63) is 53.7 Å². The van der Waals surface area contributed by atoms with Gasteiger partial charge in [-0.2, -0.15) is 0 Å². The smallest absolute Gasteiger partial charge is 0.287 e. The van der Waals surface area contributed by atoms with Crippen LogP contribution in [-0.4, -0.2) is 13.0 Å². The fourth-order valence-corrected chi connectivity index (χ4v) is 1.56. The second kappa shape index (κ2) is 5.35. The zero-order valence-electron chi connectivity index (χ0n) is 9.77. The fourth-order valence-electron chi connectivity index (χ4n) is 1.56. The van der Waals surface area contributed by atoms with Crippen molar-refractivity contribution in [3.63, 3.8) is 0 Å². The summed E-state index contributed by atoms with van der Waals surface area (Å²) in [6.45, 7) is 0.167. The summed E-state index contributed by atoms with van der Waals surface area (Å²) >= 11 is 0. The van der Waals surface area contributed by atoms with Gasteiger partial charge in [-0.3, -0.25) is 4.79 Å². The van der Waals surface area contributed by atoms with Gasteiger partial charge in [0.2, 0.25) is 0 Å². The van der Waals surface area contributed by atoms with Crippen molar-refractivity contribution in [2.45, 2.75) is 6.54 Å². The number of nitrogens with one attached hydrogen (secondary N) is 1. The molecule has 0 spiro atoms. The lowest BCUT2D eigenvalue weighted by atomic mass is 10.2. The molecule has 1 heterocycles. The summed E-state index contributed by atoms with van der Waals surface area (Å²) in [4.78, 5) is 11.6. The van der Waals surface area contributed by atoms with E-state index in [9.17, 15) is 9.18 Å². The Bertz CT molecular complexity index is 537. The molecule has 0 saturated carbocycles. The van der Waals surface area contributed by atoms with E-state index in [2.05, 4.69) is 5.32 Å². The van der Waals surface area contributed by atoms with E-state index in [1.165, 1.54) is 31.6 Å². The Morgan fingerprint density at radius 1 is 1.44 bits per heavy atom. The quantitative estimate of drug-likeness (QED) is 0.904. The van der Waals surface area contributed by atoms with Crippen LogP contribution in [-0.2, 0) is 6.54 Å². The van der Waals surface area contributed by atoms with Crippen molar-refractivity contribution < 1.29 is 18.3 Å². The molecular formula is C13H12FNO3. The highest BCUT2D eigenvalue weighted by Crippen LogP contribution is 2.19. The molecule has 0 fully saturated rings. The van der Waals surface area contributed by atoms with Gasteiger partial charge in [0.05, 0.1) is 13.4 Å². The first kappa shape index (κ1) is 12.2. The topological polar surface area (TPSA) is 51.5 Å². The number of hydrogen-bond donors (Lipinski definition) is 1. The Labute approximate surface area is 103 Å². The zero-order chi connectivity index (χ0) is 13.0. The van der Waals surface area contributed by atoms with Crippen LogP contribution >= 0.6 is 0 Å². The van der Waals surface area contributed by atoms with Crippen LogP contribution < -0.4 is 10.1 Å². The van der Waals surface area contributed by atoms with Gasteiger partial charge in [-0.25, -0.2) is 4.39 Å². The number of methoxy groups -OCH3 is 1. The van der Waals surface area contributed by atoms with Crippen molar-refractivity contribution in [1.82, 2.24) is 5.32 Å². The molecule has 94 valence electrons. The Morgan fingerprint density at radius 2 is 2.28 bits per heavy atom. The maximum Gasteiger partial charge on any atom is 0.287 e. The third-order valence-corrected chi connectivity index (χ3v) is 2.43. The van der Waals surface area contributed by atoms with Gasteiger partial charge in [-0.05, 0) is 30.3 Å². The van der Waals surface area contributed by atoms with E-state index in [1.54, 1.807) is 12.1 Å². The highest BCUT2D eigenvalue weighted by atomic mass is 19.1. The van der Waals surface area contributed by atoms with E-state index in [0.29, 0.717) is 11.3 Å². The lowest BCUT2D eigenvalue weighted by Crippen LogP contribution is -2.22. The van der Waals surface area contributed by atoms with Crippen LogP contribution in [0.1, 0.15) is 16.1 Å². The van der Waals surface area contributed by atoms with Gasteiger partial charge in [0, 0.05) is 12.1 Å². The number of rotatable bonds is 4. The van der Waals surface area contributed by atoms with E-state index >= 15 is 0 Å². The maximum absolute atomic E-state index is 13.1. The molecule has 18 heavy (non-hydrogen) atoms. The van der Waals surface area contributed by atoms with E-state index in [4.69, 9.17) is 9.15 Å². The van der Waals surface area contributed by atoms with E-state index in [0.717, 1.165) is 0 Å². The van der Waals surface area contributed by atoms with Gasteiger partial charge in [0.15, 0.2) is 5.76 Å². The first-order valence-electron chi connectivity index (χ1n) is 5.35. The first-order chi connectivity index (χ1) is 8.70. The Morgan fingerprint density at radius 3 is 2.94 bits per heavy atom. The summed E-state index contributed by atoms with van der Waals surface area (Å²) < 4.78 is 23.1. The molecule has 0 saturated heterocycles. The van der Waals surface area contributed by atoms with Crippen molar-refractivity contribution in [2.24, 2.45) is 0 Å². The second-order valence-electron chi connectivity index (χ2n) is 3.62. The normalized spacial score (nSPS) is 10.1. The number of hydrogen-bond acceptors (Lipinski definition) is 3. The molecule has 0 atom stereocenters. The van der Waals surface area contributed by atoms with Gasteiger partial charge in [-0.1, -0.05) is 0 Å². The van der Waals surface area contributed by atoms with Crippen molar-refractivity contribution in [1.29, 1.82) is 0 Å². The lowest BCUT2D eigenvalue weighted by molar-refractivity contribution is 0.0923.